The molecule has 3 aromatic rings. The lowest BCUT2D eigenvalue weighted by Gasteiger charge is -2.17. The lowest BCUT2D eigenvalue weighted by molar-refractivity contribution is -0.122. The van der Waals surface area contributed by atoms with Crippen LogP contribution in [-0.2, 0) is 21.4 Å². The van der Waals surface area contributed by atoms with Crippen molar-refractivity contribution in [1.29, 1.82) is 0 Å². The molecule has 2 heterocycles. The van der Waals surface area contributed by atoms with E-state index in [-0.39, 0.29) is 22.4 Å². The van der Waals surface area contributed by atoms with E-state index in [2.05, 4.69) is 20.7 Å². The minimum atomic E-state index is -3.86. The minimum Gasteiger partial charge on any atom is -0.459 e. The normalized spacial score (nSPS) is 16.7. The molecule has 1 saturated heterocycles. The van der Waals surface area contributed by atoms with Gasteiger partial charge in [-0.3, -0.25) is 9.59 Å². The van der Waals surface area contributed by atoms with Gasteiger partial charge in [0, 0.05) is 29.2 Å². The van der Waals surface area contributed by atoms with Crippen LogP contribution in [0.15, 0.2) is 57.8 Å². The number of carbonyl (C=O) groups is 2. The van der Waals surface area contributed by atoms with Crippen LogP contribution in [0.2, 0.25) is 0 Å². The molecule has 1 fully saturated rings. The van der Waals surface area contributed by atoms with Crippen molar-refractivity contribution in [2.75, 3.05) is 11.9 Å². The maximum atomic E-state index is 13.1. The van der Waals surface area contributed by atoms with Crippen LogP contribution in [0, 0.1) is 0 Å². The van der Waals surface area contributed by atoms with Crippen LogP contribution in [0.1, 0.15) is 49.2 Å². The summed E-state index contributed by atoms with van der Waals surface area (Å²) in [6.07, 6.45) is 2.19. The van der Waals surface area contributed by atoms with Crippen LogP contribution in [0.5, 0.6) is 0 Å². The van der Waals surface area contributed by atoms with Gasteiger partial charge in [0.2, 0.25) is 15.9 Å². The summed E-state index contributed by atoms with van der Waals surface area (Å²) in [5.41, 5.74) is 1.33. The van der Waals surface area contributed by atoms with Crippen LogP contribution in [0.4, 0.5) is 5.69 Å². The minimum absolute atomic E-state index is 0.0451. The SMILES string of the molecule is CC(C)NS(=O)(=O)c1cc(NCc2cc3ccccc3o2)cc(C(=O)N[C@H]2CCCCNC2=O)c1. The summed E-state index contributed by atoms with van der Waals surface area (Å²) in [7, 11) is -3.86. The summed E-state index contributed by atoms with van der Waals surface area (Å²) in [4.78, 5) is 25.3. The Morgan fingerprint density at radius 1 is 1.14 bits per heavy atom. The van der Waals surface area contributed by atoms with E-state index in [1.807, 2.05) is 30.3 Å². The second-order valence-corrected chi connectivity index (χ2v) is 10.7. The highest BCUT2D eigenvalue weighted by Crippen LogP contribution is 2.23. The molecule has 1 aliphatic heterocycles. The molecule has 9 nitrogen and oxygen atoms in total. The maximum Gasteiger partial charge on any atom is 0.252 e. The molecule has 2 amide bonds. The summed E-state index contributed by atoms with van der Waals surface area (Å²) >= 11 is 0. The van der Waals surface area contributed by atoms with Gasteiger partial charge < -0.3 is 20.4 Å². The fourth-order valence-electron chi connectivity index (χ4n) is 4.00. The Balaban J connectivity index is 1.60. The highest BCUT2D eigenvalue weighted by molar-refractivity contribution is 7.89. The van der Waals surface area contributed by atoms with Gasteiger partial charge >= 0.3 is 0 Å². The Bertz CT molecular complexity index is 1300. The lowest BCUT2D eigenvalue weighted by Crippen LogP contribution is -2.45. The van der Waals surface area contributed by atoms with Gasteiger partial charge in [-0.2, -0.15) is 0 Å². The van der Waals surface area contributed by atoms with E-state index in [9.17, 15) is 18.0 Å². The van der Waals surface area contributed by atoms with Crippen molar-refractivity contribution in [2.45, 2.75) is 56.6 Å². The number of hydrogen-bond acceptors (Lipinski definition) is 6. The number of anilines is 1. The summed E-state index contributed by atoms with van der Waals surface area (Å²) in [5.74, 6) is -0.0781. The summed E-state index contributed by atoms with van der Waals surface area (Å²) in [5, 5.41) is 9.66. The van der Waals surface area contributed by atoms with E-state index in [1.165, 1.54) is 12.1 Å². The molecular formula is C25H30N4O5S. The quantitative estimate of drug-likeness (QED) is 0.378. The van der Waals surface area contributed by atoms with E-state index < -0.39 is 22.0 Å². The number of benzene rings is 2. The van der Waals surface area contributed by atoms with Gasteiger partial charge in [0.1, 0.15) is 17.4 Å². The summed E-state index contributed by atoms with van der Waals surface area (Å²) < 4.78 is 34.2. The third-order valence-corrected chi connectivity index (χ3v) is 7.29. The first-order valence-corrected chi connectivity index (χ1v) is 13.2. The number of para-hydroxylation sites is 1. The molecule has 1 atom stereocenters. The van der Waals surface area contributed by atoms with Crippen molar-refractivity contribution in [3.05, 3.63) is 59.9 Å². The van der Waals surface area contributed by atoms with Gasteiger partial charge in [-0.1, -0.05) is 18.2 Å². The maximum absolute atomic E-state index is 13.1. The van der Waals surface area contributed by atoms with E-state index in [0.717, 1.165) is 23.8 Å². The van der Waals surface area contributed by atoms with Crippen molar-refractivity contribution in [2.24, 2.45) is 0 Å². The first-order valence-electron chi connectivity index (χ1n) is 11.7. The largest absolute Gasteiger partial charge is 0.459 e. The molecule has 4 N–H and O–H groups in total. The molecule has 0 aliphatic carbocycles. The van der Waals surface area contributed by atoms with Crippen molar-refractivity contribution in [3.8, 4) is 0 Å². The smallest absolute Gasteiger partial charge is 0.252 e. The molecular weight excluding hydrogens is 468 g/mol. The van der Waals surface area contributed by atoms with Gasteiger partial charge in [0.25, 0.3) is 5.91 Å². The molecule has 0 radical (unpaired) electrons. The van der Waals surface area contributed by atoms with E-state index in [0.29, 0.717) is 31.0 Å². The van der Waals surface area contributed by atoms with Crippen molar-refractivity contribution < 1.29 is 22.4 Å². The first-order chi connectivity index (χ1) is 16.7. The van der Waals surface area contributed by atoms with E-state index >= 15 is 0 Å². The molecule has 35 heavy (non-hydrogen) atoms. The van der Waals surface area contributed by atoms with Crippen LogP contribution >= 0.6 is 0 Å². The zero-order valence-electron chi connectivity index (χ0n) is 19.8. The van der Waals surface area contributed by atoms with Gasteiger partial charge in [-0.25, -0.2) is 13.1 Å². The number of fused-ring (bicyclic) bond motifs is 1. The fraction of sp³-hybridized carbons (Fsp3) is 0.360. The molecule has 2 aromatic carbocycles. The summed E-state index contributed by atoms with van der Waals surface area (Å²) in [6, 6.07) is 12.9. The summed E-state index contributed by atoms with van der Waals surface area (Å²) in [6.45, 7) is 4.32. The topological polar surface area (TPSA) is 130 Å². The highest BCUT2D eigenvalue weighted by Gasteiger charge is 2.25. The zero-order valence-corrected chi connectivity index (χ0v) is 20.6. The van der Waals surface area contributed by atoms with Gasteiger partial charge in [0.15, 0.2) is 0 Å². The number of sulfonamides is 1. The van der Waals surface area contributed by atoms with E-state index in [1.54, 1.807) is 19.9 Å². The van der Waals surface area contributed by atoms with Crippen LogP contribution in [0.25, 0.3) is 11.0 Å². The van der Waals surface area contributed by atoms with Gasteiger partial charge in [-0.15, -0.1) is 0 Å². The molecule has 0 unspecified atom stereocenters. The second kappa shape index (κ2) is 10.5. The predicted molar refractivity (Wildman–Crippen MR) is 134 cm³/mol. The van der Waals surface area contributed by atoms with Crippen molar-refractivity contribution >= 4 is 38.5 Å². The lowest BCUT2D eigenvalue weighted by atomic mass is 10.1. The Morgan fingerprint density at radius 2 is 1.94 bits per heavy atom. The molecule has 1 aliphatic rings. The van der Waals surface area contributed by atoms with Crippen molar-refractivity contribution in [3.63, 3.8) is 0 Å². The van der Waals surface area contributed by atoms with Crippen LogP contribution in [-0.4, -0.2) is 38.9 Å². The Labute approximate surface area is 204 Å². The molecule has 0 saturated carbocycles. The fourth-order valence-corrected chi connectivity index (χ4v) is 5.32. The Morgan fingerprint density at radius 3 is 2.71 bits per heavy atom. The molecule has 10 heteroatoms. The van der Waals surface area contributed by atoms with E-state index in [4.69, 9.17) is 4.42 Å². The Hall–Kier alpha value is -3.37. The zero-order chi connectivity index (χ0) is 25.0. The first kappa shape index (κ1) is 24.7. The molecule has 186 valence electrons. The number of carbonyl (C=O) groups excluding carboxylic acids is 2. The highest BCUT2D eigenvalue weighted by atomic mass is 32.2. The van der Waals surface area contributed by atoms with Crippen LogP contribution < -0.4 is 20.7 Å². The molecule has 0 spiro atoms. The van der Waals surface area contributed by atoms with Gasteiger partial charge in [-0.05, 0) is 63.4 Å². The van der Waals surface area contributed by atoms with Gasteiger partial charge in [0.05, 0.1) is 11.4 Å². The number of furan rings is 1. The average molecular weight is 499 g/mol. The second-order valence-electron chi connectivity index (χ2n) is 8.94. The third kappa shape index (κ3) is 6.20. The Kier molecular flexibility index (Phi) is 7.42. The number of nitrogens with one attached hydrogen (secondary N) is 4. The number of hydrogen-bond donors (Lipinski definition) is 4. The average Bonchev–Trinajstić information content (AvgIpc) is 3.13. The number of amides is 2. The molecule has 4 rings (SSSR count). The molecule has 1 aromatic heterocycles. The van der Waals surface area contributed by atoms with Crippen molar-refractivity contribution in [1.82, 2.24) is 15.4 Å². The van der Waals surface area contributed by atoms with Crippen LogP contribution in [0.3, 0.4) is 0 Å². The number of rotatable bonds is 8. The standard InChI is InChI=1S/C25H30N4O5S/c1-16(2)29-35(32,33)21-13-18(24(30)28-22-8-5-6-10-26-25(22)31)11-19(14-21)27-15-20-12-17-7-3-4-9-23(17)34-20/h3-4,7,9,11-14,16,22,27,29H,5-6,8,10,15H2,1-2H3,(H,26,31)(H,28,30)/t22-/m0/s1. The predicted octanol–water partition coefficient (Wildman–Crippen LogP) is 3.13. The monoisotopic (exact) mass is 498 g/mol. The third-order valence-electron chi connectivity index (χ3n) is 5.65. The molecule has 0 bridgehead atoms.